The standard InChI is InChI=1S/C16H24N4/c1-10(20-15-18-8-14(17)9-19-15)16-5-11-2-12(6-16)4-13(3-11)7-16/h8-13H,2-7,17H2,1H3,(H,18,19,20). The van der Waals surface area contributed by atoms with Crippen molar-refractivity contribution in [1.82, 2.24) is 9.97 Å². The number of rotatable bonds is 3. The van der Waals surface area contributed by atoms with Gasteiger partial charge in [0, 0.05) is 6.04 Å². The van der Waals surface area contributed by atoms with Gasteiger partial charge in [-0.15, -0.1) is 0 Å². The molecule has 3 N–H and O–H groups in total. The molecule has 4 aliphatic carbocycles. The number of hydrogen-bond acceptors (Lipinski definition) is 4. The molecule has 4 saturated carbocycles. The van der Waals surface area contributed by atoms with Crippen LogP contribution in [0.2, 0.25) is 0 Å². The van der Waals surface area contributed by atoms with Gasteiger partial charge in [0.1, 0.15) is 0 Å². The molecule has 5 rings (SSSR count). The van der Waals surface area contributed by atoms with Crippen LogP contribution < -0.4 is 11.1 Å². The van der Waals surface area contributed by atoms with Gasteiger partial charge in [0.25, 0.3) is 0 Å². The van der Waals surface area contributed by atoms with Crippen molar-refractivity contribution in [3.8, 4) is 0 Å². The van der Waals surface area contributed by atoms with Gasteiger partial charge in [-0.25, -0.2) is 9.97 Å². The Balaban J connectivity index is 1.53. The smallest absolute Gasteiger partial charge is 0.222 e. The summed E-state index contributed by atoms with van der Waals surface area (Å²) >= 11 is 0. The minimum Gasteiger partial charge on any atom is -0.396 e. The van der Waals surface area contributed by atoms with Gasteiger partial charge < -0.3 is 11.1 Å². The van der Waals surface area contributed by atoms with Crippen molar-refractivity contribution >= 4 is 11.6 Å². The zero-order chi connectivity index (χ0) is 13.7. The lowest BCUT2D eigenvalue weighted by molar-refractivity contribution is -0.0603. The van der Waals surface area contributed by atoms with Gasteiger partial charge in [-0.3, -0.25) is 0 Å². The van der Waals surface area contributed by atoms with Gasteiger partial charge in [0.2, 0.25) is 5.95 Å². The van der Waals surface area contributed by atoms with Gasteiger partial charge in [0.05, 0.1) is 18.1 Å². The Morgan fingerprint density at radius 1 is 1.10 bits per heavy atom. The fourth-order valence-corrected chi connectivity index (χ4v) is 5.47. The normalized spacial score (nSPS) is 39.8. The molecule has 20 heavy (non-hydrogen) atoms. The van der Waals surface area contributed by atoms with E-state index in [1.165, 1.54) is 38.5 Å². The summed E-state index contributed by atoms with van der Waals surface area (Å²) in [5.41, 5.74) is 6.76. The first-order valence-corrected chi connectivity index (χ1v) is 7.97. The molecule has 1 aromatic rings. The van der Waals surface area contributed by atoms with E-state index in [2.05, 4.69) is 22.2 Å². The number of aromatic nitrogens is 2. The second kappa shape index (κ2) is 4.34. The molecule has 1 unspecified atom stereocenters. The monoisotopic (exact) mass is 272 g/mol. The molecule has 0 aliphatic heterocycles. The SMILES string of the molecule is CC(Nc1ncc(N)cn1)C12CC3CC(CC(C3)C1)C2. The zero-order valence-corrected chi connectivity index (χ0v) is 12.2. The molecule has 4 aliphatic rings. The maximum atomic E-state index is 5.65. The van der Waals surface area contributed by atoms with E-state index >= 15 is 0 Å². The minimum atomic E-state index is 0.458. The predicted molar refractivity (Wildman–Crippen MR) is 80.1 cm³/mol. The average Bonchev–Trinajstić information content (AvgIpc) is 2.40. The molecule has 4 bridgehead atoms. The van der Waals surface area contributed by atoms with Crippen molar-refractivity contribution in [2.75, 3.05) is 11.1 Å². The predicted octanol–water partition coefficient (Wildman–Crippen LogP) is 3.08. The van der Waals surface area contributed by atoms with Crippen LogP contribution in [0.4, 0.5) is 11.6 Å². The summed E-state index contributed by atoms with van der Waals surface area (Å²) in [6.07, 6.45) is 12.1. The van der Waals surface area contributed by atoms with Crippen LogP contribution in [0.1, 0.15) is 45.4 Å². The Labute approximate surface area is 120 Å². The van der Waals surface area contributed by atoms with E-state index in [4.69, 9.17) is 5.73 Å². The number of nitrogens with two attached hydrogens (primary N) is 1. The maximum Gasteiger partial charge on any atom is 0.222 e. The minimum absolute atomic E-state index is 0.458. The van der Waals surface area contributed by atoms with Crippen LogP contribution in [-0.4, -0.2) is 16.0 Å². The molecule has 108 valence electrons. The molecule has 0 saturated heterocycles. The van der Waals surface area contributed by atoms with E-state index < -0.39 is 0 Å². The molecule has 4 nitrogen and oxygen atoms in total. The lowest BCUT2D eigenvalue weighted by Crippen LogP contribution is -2.53. The Hall–Kier alpha value is -1.32. The Morgan fingerprint density at radius 2 is 1.60 bits per heavy atom. The van der Waals surface area contributed by atoms with Crippen molar-refractivity contribution < 1.29 is 0 Å². The van der Waals surface area contributed by atoms with E-state index in [0.717, 1.165) is 23.7 Å². The van der Waals surface area contributed by atoms with Crippen LogP contribution >= 0.6 is 0 Å². The fraction of sp³-hybridized carbons (Fsp3) is 0.750. The highest BCUT2D eigenvalue weighted by atomic mass is 15.1. The van der Waals surface area contributed by atoms with Crippen LogP contribution in [0.25, 0.3) is 0 Å². The Bertz CT molecular complexity index is 460. The second-order valence-corrected chi connectivity index (χ2v) is 7.49. The maximum absolute atomic E-state index is 5.65. The molecular weight excluding hydrogens is 248 g/mol. The summed E-state index contributed by atoms with van der Waals surface area (Å²) < 4.78 is 0. The molecule has 4 fully saturated rings. The quantitative estimate of drug-likeness (QED) is 0.887. The summed E-state index contributed by atoms with van der Waals surface area (Å²) in [5.74, 6) is 3.68. The van der Waals surface area contributed by atoms with Crippen LogP contribution in [-0.2, 0) is 0 Å². The van der Waals surface area contributed by atoms with Gasteiger partial charge in [-0.05, 0) is 68.6 Å². The van der Waals surface area contributed by atoms with Crippen LogP contribution in [0.5, 0.6) is 0 Å². The number of nitrogens with one attached hydrogen (secondary N) is 1. The molecule has 0 radical (unpaired) electrons. The van der Waals surface area contributed by atoms with E-state index in [-0.39, 0.29) is 0 Å². The Morgan fingerprint density at radius 3 is 2.10 bits per heavy atom. The first kappa shape index (κ1) is 12.4. The molecule has 0 spiro atoms. The lowest BCUT2D eigenvalue weighted by Gasteiger charge is -2.59. The van der Waals surface area contributed by atoms with E-state index in [0.29, 0.717) is 17.1 Å². The summed E-state index contributed by atoms with van der Waals surface area (Å²) in [6.45, 7) is 2.33. The number of nitrogen functional groups attached to an aromatic ring is 1. The molecule has 0 amide bonds. The topological polar surface area (TPSA) is 63.8 Å². The third-order valence-corrected chi connectivity index (χ3v) is 6.02. The van der Waals surface area contributed by atoms with Gasteiger partial charge in [-0.2, -0.15) is 0 Å². The van der Waals surface area contributed by atoms with E-state index in [9.17, 15) is 0 Å². The largest absolute Gasteiger partial charge is 0.396 e. The molecule has 4 heteroatoms. The van der Waals surface area contributed by atoms with Crippen molar-refractivity contribution in [2.45, 2.75) is 51.5 Å². The second-order valence-electron chi connectivity index (χ2n) is 7.49. The molecule has 1 atom stereocenters. The van der Waals surface area contributed by atoms with Gasteiger partial charge >= 0.3 is 0 Å². The Kier molecular flexibility index (Phi) is 2.69. The third kappa shape index (κ3) is 1.97. The van der Waals surface area contributed by atoms with Gasteiger partial charge in [-0.1, -0.05) is 0 Å². The number of nitrogens with zero attached hydrogens (tertiary/aromatic N) is 2. The van der Waals surface area contributed by atoms with Crippen molar-refractivity contribution in [1.29, 1.82) is 0 Å². The third-order valence-electron chi connectivity index (χ3n) is 6.02. The molecule has 1 aromatic heterocycles. The molecule has 1 heterocycles. The highest BCUT2D eigenvalue weighted by Crippen LogP contribution is 2.61. The van der Waals surface area contributed by atoms with Crippen LogP contribution in [0, 0.1) is 23.2 Å². The fourth-order valence-electron chi connectivity index (χ4n) is 5.47. The summed E-state index contributed by atoms with van der Waals surface area (Å²) in [5, 5.41) is 3.55. The number of anilines is 2. The van der Waals surface area contributed by atoms with E-state index in [1.807, 2.05) is 0 Å². The first-order chi connectivity index (χ1) is 9.63. The average molecular weight is 272 g/mol. The highest BCUT2D eigenvalue weighted by molar-refractivity contribution is 5.36. The highest BCUT2D eigenvalue weighted by Gasteiger charge is 2.53. The van der Waals surface area contributed by atoms with Crippen LogP contribution in [0.15, 0.2) is 12.4 Å². The number of hydrogen-bond donors (Lipinski definition) is 2. The van der Waals surface area contributed by atoms with E-state index in [1.54, 1.807) is 12.4 Å². The van der Waals surface area contributed by atoms with Gasteiger partial charge in [0.15, 0.2) is 0 Å². The first-order valence-electron chi connectivity index (χ1n) is 7.97. The summed E-state index contributed by atoms with van der Waals surface area (Å²) in [7, 11) is 0. The van der Waals surface area contributed by atoms with Crippen molar-refractivity contribution in [3.05, 3.63) is 12.4 Å². The lowest BCUT2D eigenvalue weighted by atomic mass is 9.48. The molecular formula is C16H24N4. The van der Waals surface area contributed by atoms with Crippen molar-refractivity contribution in [2.24, 2.45) is 23.2 Å². The zero-order valence-electron chi connectivity index (χ0n) is 12.2. The summed E-state index contributed by atoms with van der Waals surface area (Å²) in [6, 6.07) is 0.458. The summed E-state index contributed by atoms with van der Waals surface area (Å²) in [4.78, 5) is 8.60. The van der Waals surface area contributed by atoms with Crippen LogP contribution in [0.3, 0.4) is 0 Å². The molecule has 0 aromatic carbocycles. The van der Waals surface area contributed by atoms with Crippen molar-refractivity contribution in [3.63, 3.8) is 0 Å².